The average Bonchev–Trinajstić information content (AvgIpc) is 2.62. The summed E-state index contributed by atoms with van der Waals surface area (Å²) in [5.74, 6) is 0.839. The van der Waals surface area contributed by atoms with Gasteiger partial charge in [-0.25, -0.2) is 0 Å². The van der Waals surface area contributed by atoms with Gasteiger partial charge in [-0.1, -0.05) is 13.8 Å². The van der Waals surface area contributed by atoms with Gasteiger partial charge >= 0.3 is 0 Å². The van der Waals surface area contributed by atoms with E-state index in [1.54, 1.807) is 0 Å². The number of fused-ring (bicyclic) bond motifs is 1. The molecule has 0 aromatic rings. The van der Waals surface area contributed by atoms with Crippen LogP contribution in [0.5, 0.6) is 0 Å². The van der Waals surface area contributed by atoms with Crippen LogP contribution in [-0.2, 0) is 0 Å². The van der Waals surface area contributed by atoms with Crippen LogP contribution in [0.15, 0.2) is 4.99 Å². The molecule has 10 heavy (non-hydrogen) atoms. The highest BCUT2D eigenvalue weighted by molar-refractivity contribution is 6.05. The normalized spacial score (nSPS) is 44.2. The Morgan fingerprint density at radius 3 is 3.10 bits per heavy atom. The Bertz CT molecular complexity index is 183. The van der Waals surface area contributed by atoms with Crippen LogP contribution in [0, 0.1) is 11.3 Å². The predicted molar refractivity (Wildman–Crippen MR) is 43.4 cm³/mol. The molecule has 0 N–H and O–H groups in total. The fraction of sp³-hybridized carbons (Fsp3) is 0.889. The summed E-state index contributed by atoms with van der Waals surface area (Å²) >= 11 is 0. The minimum absolute atomic E-state index is 0.609. The van der Waals surface area contributed by atoms with Crippen LogP contribution < -0.4 is 0 Å². The lowest BCUT2D eigenvalue weighted by atomic mass is 9.89. The highest BCUT2D eigenvalue weighted by Crippen LogP contribution is 2.52. The van der Waals surface area contributed by atoms with Gasteiger partial charge in [0, 0.05) is 17.7 Å². The van der Waals surface area contributed by atoms with Crippen molar-refractivity contribution in [2.24, 2.45) is 16.3 Å². The molecule has 0 radical (unpaired) electrons. The number of aliphatic imine (C=N–C) groups is 1. The quantitative estimate of drug-likeness (QED) is 0.525. The lowest BCUT2D eigenvalue weighted by Crippen LogP contribution is -2.15. The van der Waals surface area contributed by atoms with Crippen LogP contribution in [0.25, 0.3) is 0 Å². The second kappa shape index (κ2) is 1.84. The number of rotatable bonds is 1. The molecule has 2 rings (SSSR count). The Hall–Kier alpha value is -0.330. The molecule has 0 spiro atoms. The van der Waals surface area contributed by atoms with Crippen molar-refractivity contribution in [3.63, 3.8) is 0 Å². The summed E-state index contributed by atoms with van der Waals surface area (Å²) in [6.07, 6.45) is 4.03. The topological polar surface area (TPSA) is 12.4 Å². The SMILES string of the molecule is CCC12CC1=NCC(C)C2. The largest absolute Gasteiger partial charge is 0.293 e. The van der Waals surface area contributed by atoms with E-state index in [0.717, 1.165) is 12.5 Å². The van der Waals surface area contributed by atoms with Gasteiger partial charge in [-0.05, 0) is 25.2 Å². The molecule has 0 aromatic carbocycles. The van der Waals surface area contributed by atoms with Crippen molar-refractivity contribution >= 4 is 5.71 Å². The highest BCUT2D eigenvalue weighted by atomic mass is 14.9. The first kappa shape index (κ1) is 6.38. The zero-order chi connectivity index (χ0) is 7.19. The van der Waals surface area contributed by atoms with Crippen molar-refractivity contribution in [2.75, 3.05) is 6.54 Å². The van der Waals surface area contributed by atoms with Gasteiger partial charge in [0.05, 0.1) is 0 Å². The van der Waals surface area contributed by atoms with Crippen molar-refractivity contribution in [3.8, 4) is 0 Å². The summed E-state index contributed by atoms with van der Waals surface area (Å²) in [5.41, 5.74) is 2.13. The molecule has 0 aromatic heterocycles. The van der Waals surface area contributed by atoms with Crippen LogP contribution in [0.3, 0.4) is 0 Å². The fourth-order valence-corrected chi connectivity index (χ4v) is 2.16. The Morgan fingerprint density at radius 2 is 2.50 bits per heavy atom. The maximum Gasteiger partial charge on any atom is 0.0414 e. The maximum absolute atomic E-state index is 4.54. The molecular formula is C9H15N. The van der Waals surface area contributed by atoms with Gasteiger partial charge < -0.3 is 0 Å². The van der Waals surface area contributed by atoms with E-state index in [9.17, 15) is 0 Å². The molecule has 2 aliphatic rings. The van der Waals surface area contributed by atoms with Gasteiger partial charge in [0.25, 0.3) is 0 Å². The summed E-state index contributed by atoms with van der Waals surface area (Å²) in [6.45, 7) is 5.70. The van der Waals surface area contributed by atoms with E-state index >= 15 is 0 Å². The van der Waals surface area contributed by atoms with E-state index in [2.05, 4.69) is 18.8 Å². The number of nitrogens with zero attached hydrogens (tertiary/aromatic N) is 1. The molecule has 1 fully saturated rings. The predicted octanol–water partition coefficient (Wildman–Crippen LogP) is 2.27. The van der Waals surface area contributed by atoms with Gasteiger partial charge in [-0.15, -0.1) is 0 Å². The van der Waals surface area contributed by atoms with Gasteiger partial charge in [0.1, 0.15) is 0 Å². The van der Waals surface area contributed by atoms with E-state index in [4.69, 9.17) is 0 Å². The Kier molecular flexibility index (Phi) is 1.17. The molecule has 1 saturated carbocycles. The third-order valence-electron chi connectivity index (χ3n) is 3.00. The van der Waals surface area contributed by atoms with E-state index in [-0.39, 0.29) is 0 Å². The number of hydrogen-bond donors (Lipinski definition) is 0. The second-order valence-electron chi connectivity index (χ2n) is 3.91. The van der Waals surface area contributed by atoms with Crippen molar-refractivity contribution in [1.29, 1.82) is 0 Å². The van der Waals surface area contributed by atoms with Gasteiger partial charge in [0.15, 0.2) is 0 Å². The van der Waals surface area contributed by atoms with Crippen LogP contribution in [0.2, 0.25) is 0 Å². The smallest absolute Gasteiger partial charge is 0.0414 e. The van der Waals surface area contributed by atoms with Gasteiger partial charge in [-0.3, -0.25) is 4.99 Å². The minimum atomic E-state index is 0.609. The van der Waals surface area contributed by atoms with Crippen molar-refractivity contribution in [3.05, 3.63) is 0 Å². The molecule has 1 heterocycles. The minimum Gasteiger partial charge on any atom is -0.293 e. The summed E-state index contributed by atoms with van der Waals surface area (Å²) in [4.78, 5) is 4.54. The molecular weight excluding hydrogens is 122 g/mol. The Balaban J connectivity index is 2.16. The molecule has 0 amide bonds. The standard InChI is InChI=1S/C9H15N/c1-3-9-4-7(2)6-10-8(9)5-9/h7H,3-6H2,1-2H3. The first-order chi connectivity index (χ1) is 4.77. The van der Waals surface area contributed by atoms with E-state index in [1.165, 1.54) is 25.0 Å². The molecule has 2 unspecified atom stereocenters. The van der Waals surface area contributed by atoms with Crippen LogP contribution in [0.1, 0.15) is 33.1 Å². The molecule has 1 heteroatoms. The maximum atomic E-state index is 4.54. The van der Waals surface area contributed by atoms with Crippen molar-refractivity contribution < 1.29 is 0 Å². The third kappa shape index (κ3) is 0.727. The number of hydrogen-bond acceptors (Lipinski definition) is 1. The van der Waals surface area contributed by atoms with Gasteiger partial charge in [-0.2, -0.15) is 0 Å². The van der Waals surface area contributed by atoms with E-state index in [0.29, 0.717) is 5.41 Å². The second-order valence-corrected chi connectivity index (χ2v) is 3.91. The molecule has 1 aliphatic carbocycles. The monoisotopic (exact) mass is 137 g/mol. The van der Waals surface area contributed by atoms with Crippen molar-refractivity contribution in [2.45, 2.75) is 33.1 Å². The summed E-state index contributed by atoms with van der Waals surface area (Å²) in [7, 11) is 0. The highest BCUT2D eigenvalue weighted by Gasteiger charge is 2.51. The van der Waals surface area contributed by atoms with E-state index in [1.807, 2.05) is 0 Å². The summed E-state index contributed by atoms with van der Waals surface area (Å²) in [6, 6.07) is 0. The zero-order valence-electron chi connectivity index (χ0n) is 6.85. The Morgan fingerprint density at radius 1 is 1.70 bits per heavy atom. The zero-order valence-corrected chi connectivity index (χ0v) is 6.85. The van der Waals surface area contributed by atoms with E-state index < -0.39 is 0 Å². The molecule has 2 atom stereocenters. The molecule has 56 valence electrons. The van der Waals surface area contributed by atoms with Crippen LogP contribution in [0.4, 0.5) is 0 Å². The van der Waals surface area contributed by atoms with Crippen LogP contribution in [-0.4, -0.2) is 12.3 Å². The first-order valence-electron chi connectivity index (χ1n) is 4.31. The summed E-state index contributed by atoms with van der Waals surface area (Å²) in [5, 5.41) is 0. The lowest BCUT2D eigenvalue weighted by Gasteiger charge is -2.19. The van der Waals surface area contributed by atoms with Crippen molar-refractivity contribution in [1.82, 2.24) is 0 Å². The lowest BCUT2D eigenvalue weighted by molar-refractivity contribution is 0.382. The van der Waals surface area contributed by atoms with Crippen LogP contribution >= 0.6 is 0 Å². The average molecular weight is 137 g/mol. The van der Waals surface area contributed by atoms with Gasteiger partial charge in [0.2, 0.25) is 0 Å². The molecule has 0 saturated heterocycles. The summed E-state index contributed by atoms with van der Waals surface area (Å²) < 4.78 is 0. The Labute approximate surface area is 62.5 Å². The molecule has 0 bridgehead atoms. The third-order valence-corrected chi connectivity index (χ3v) is 3.00. The molecule has 1 nitrogen and oxygen atoms in total. The molecule has 1 aliphatic heterocycles. The first-order valence-corrected chi connectivity index (χ1v) is 4.31. The fourth-order valence-electron chi connectivity index (χ4n) is 2.16.